The summed E-state index contributed by atoms with van der Waals surface area (Å²) in [5, 5.41) is 3.70. The summed E-state index contributed by atoms with van der Waals surface area (Å²) in [4.78, 5) is 2.43. The monoisotopic (exact) mass is 278 g/mol. The lowest BCUT2D eigenvalue weighted by Gasteiger charge is -2.26. The van der Waals surface area contributed by atoms with Gasteiger partial charge in [-0.15, -0.1) is 6.58 Å². The van der Waals surface area contributed by atoms with E-state index in [0.29, 0.717) is 6.04 Å². The van der Waals surface area contributed by atoms with Crippen molar-refractivity contribution in [2.45, 2.75) is 19.0 Å². The molecular weight excluding hydrogens is 256 g/mol. The maximum atomic E-state index is 3.91. The van der Waals surface area contributed by atoms with Crippen molar-refractivity contribution in [1.29, 1.82) is 0 Å². The molecule has 0 spiro atoms. The molecule has 2 aromatic rings. The van der Waals surface area contributed by atoms with Gasteiger partial charge in [-0.2, -0.15) is 0 Å². The Kier molecular flexibility index (Phi) is 4.37. The molecule has 0 fully saturated rings. The van der Waals surface area contributed by atoms with E-state index in [-0.39, 0.29) is 0 Å². The van der Waals surface area contributed by atoms with E-state index >= 15 is 0 Å². The van der Waals surface area contributed by atoms with Gasteiger partial charge in [0, 0.05) is 31.4 Å². The van der Waals surface area contributed by atoms with Gasteiger partial charge in [0.25, 0.3) is 0 Å². The van der Waals surface area contributed by atoms with Gasteiger partial charge in [0.05, 0.1) is 0 Å². The number of nitrogens with one attached hydrogen (secondary N) is 1. The van der Waals surface area contributed by atoms with Crippen LogP contribution in [0.4, 0.5) is 5.69 Å². The van der Waals surface area contributed by atoms with Crippen LogP contribution in [0.25, 0.3) is 0 Å². The summed E-state index contributed by atoms with van der Waals surface area (Å²) in [5.41, 5.74) is 4.09. The molecule has 3 rings (SSSR count). The largest absolute Gasteiger partial charge is 0.366 e. The van der Waals surface area contributed by atoms with Gasteiger partial charge in [-0.25, -0.2) is 0 Å². The zero-order chi connectivity index (χ0) is 14.5. The Morgan fingerprint density at radius 3 is 2.67 bits per heavy atom. The number of rotatable bonds is 4. The second-order valence-electron chi connectivity index (χ2n) is 5.59. The van der Waals surface area contributed by atoms with Gasteiger partial charge in [-0.3, -0.25) is 0 Å². The lowest BCUT2D eigenvalue weighted by Crippen LogP contribution is -2.39. The lowest BCUT2D eigenvalue weighted by atomic mass is 10.1. The van der Waals surface area contributed by atoms with E-state index in [1.165, 1.54) is 16.8 Å². The number of anilines is 1. The van der Waals surface area contributed by atoms with Gasteiger partial charge in [0.1, 0.15) is 0 Å². The number of para-hydroxylation sites is 1. The van der Waals surface area contributed by atoms with Gasteiger partial charge < -0.3 is 10.2 Å². The Hall–Kier alpha value is -2.06. The molecular formula is C19H22N2. The third kappa shape index (κ3) is 3.34. The average molecular weight is 278 g/mol. The third-order valence-electron chi connectivity index (χ3n) is 4.03. The average Bonchev–Trinajstić information content (AvgIpc) is 2.69. The fourth-order valence-electron chi connectivity index (χ4n) is 3.02. The van der Waals surface area contributed by atoms with Crippen molar-refractivity contribution < 1.29 is 0 Å². The molecule has 0 saturated heterocycles. The van der Waals surface area contributed by atoms with Crippen LogP contribution in [0, 0.1) is 0 Å². The highest BCUT2D eigenvalue weighted by Gasteiger charge is 2.20. The predicted molar refractivity (Wildman–Crippen MR) is 89.6 cm³/mol. The molecule has 1 unspecified atom stereocenters. The second-order valence-corrected chi connectivity index (χ2v) is 5.59. The maximum absolute atomic E-state index is 3.91. The highest BCUT2D eigenvalue weighted by Crippen LogP contribution is 2.24. The SMILES string of the molecule is C=CCN1CC(Cc2ccccc2)NCc2ccccc21. The van der Waals surface area contributed by atoms with Crippen LogP contribution >= 0.6 is 0 Å². The zero-order valence-electron chi connectivity index (χ0n) is 12.3. The van der Waals surface area contributed by atoms with Crippen molar-refractivity contribution in [2.75, 3.05) is 18.0 Å². The smallest absolute Gasteiger partial charge is 0.0415 e. The molecule has 0 amide bonds. The number of fused-ring (bicyclic) bond motifs is 1. The zero-order valence-corrected chi connectivity index (χ0v) is 12.3. The molecule has 1 aliphatic rings. The summed E-state index contributed by atoms with van der Waals surface area (Å²) in [5.74, 6) is 0. The molecule has 1 atom stereocenters. The van der Waals surface area contributed by atoms with Crippen molar-refractivity contribution in [2.24, 2.45) is 0 Å². The molecule has 2 heteroatoms. The molecule has 0 aliphatic carbocycles. The van der Waals surface area contributed by atoms with E-state index < -0.39 is 0 Å². The molecule has 1 heterocycles. The highest BCUT2D eigenvalue weighted by molar-refractivity contribution is 5.55. The van der Waals surface area contributed by atoms with Gasteiger partial charge in [0.15, 0.2) is 0 Å². The number of hydrogen-bond donors (Lipinski definition) is 1. The topological polar surface area (TPSA) is 15.3 Å². The van der Waals surface area contributed by atoms with Crippen LogP contribution in [0.15, 0.2) is 67.3 Å². The van der Waals surface area contributed by atoms with Crippen LogP contribution in [0.5, 0.6) is 0 Å². The highest BCUT2D eigenvalue weighted by atomic mass is 15.2. The minimum atomic E-state index is 0.458. The van der Waals surface area contributed by atoms with Crippen molar-refractivity contribution >= 4 is 5.69 Å². The summed E-state index contributed by atoms with van der Waals surface area (Å²) in [6, 6.07) is 19.8. The van der Waals surface area contributed by atoms with E-state index in [1.54, 1.807) is 0 Å². The Bertz CT molecular complexity index is 592. The predicted octanol–water partition coefficient (Wildman–Crippen LogP) is 3.39. The van der Waals surface area contributed by atoms with Crippen LogP contribution in [0.1, 0.15) is 11.1 Å². The van der Waals surface area contributed by atoms with Crippen LogP contribution in [0.2, 0.25) is 0 Å². The van der Waals surface area contributed by atoms with E-state index in [0.717, 1.165) is 26.1 Å². The first-order valence-corrected chi connectivity index (χ1v) is 7.58. The summed E-state index contributed by atoms with van der Waals surface area (Å²) in [6.45, 7) is 6.74. The quantitative estimate of drug-likeness (QED) is 0.862. The molecule has 0 bridgehead atoms. The fourth-order valence-corrected chi connectivity index (χ4v) is 3.02. The first-order chi connectivity index (χ1) is 10.4. The van der Waals surface area contributed by atoms with Crippen LogP contribution in [0.3, 0.4) is 0 Å². The first-order valence-electron chi connectivity index (χ1n) is 7.58. The first kappa shape index (κ1) is 13.9. The molecule has 1 aliphatic heterocycles. The molecule has 2 aromatic carbocycles. The normalized spacial score (nSPS) is 17.9. The Balaban J connectivity index is 1.79. The fraction of sp³-hybridized carbons (Fsp3) is 0.263. The minimum absolute atomic E-state index is 0.458. The van der Waals surface area contributed by atoms with E-state index in [2.05, 4.69) is 71.4 Å². The number of benzene rings is 2. The van der Waals surface area contributed by atoms with Gasteiger partial charge >= 0.3 is 0 Å². The molecule has 2 nitrogen and oxygen atoms in total. The van der Waals surface area contributed by atoms with E-state index in [1.807, 2.05) is 6.08 Å². The third-order valence-corrected chi connectivity index (χ3v) is 4.03. The molecule has 0 saturated carbocycles. The molecule has 0 aromatic heterocycles. The standard InChI is InChI=1S/C19H22N2/c1-2-12-21-15-18(13-16-8-4-3-5-9-16)20-14-17-10-6-7-11-19(17)21/h2-11,18,20H,1,12-15H2. The van der Waals surface area contributed by atoms with Crippen molar-refractivity contribution in [1.82, 2.24) is 5.32 Å². The molecule has 0 radical (unpaired) electrons. The van der Waals surface area contributed by atoms with Crippen molar-refractivity contribution in [3.05, 3.63) is 78.4 Å². The molecule has 21 heavy (non-hydrogen) atoms. The molecule has 108 valence electrons. The van der Waals surface area contributed by atoms with E-state index in [4.69, 9.17) is 0 Å². The minimum Gasteiger partial charge on any atom is -0.366 e. The van der Waals surface area contributed by atoms with E-state index in [9.17, 15) is 0 Å². The number of hydrogen-bond acceptors (Lipinski definition) is 2. The van der Waals surface area contributed by atoms with Crippen LogP contribution in [-0.2, 0) is 13.0 Å². The van der Waals surface area contributed by atoms with Crippen LogP contribution in [-0.4, -0.2) is 19.1 Å². The molecule has 1 N–H and O–H groups in total. The number of nitrogens with zero attached hydrogens (tertiary/aromatic N) is 1. The van der Waals surface area contributed by atoms with Gasteiger partial charge in [-0.05, 0) is 23.6 Å². The summed E-state index contributed by atoms with van der Waals surface area (Å²) >= 11 is 0. The van der Waals surface area contributed by atoms with Gasteiger partial charge in [-0.1, -0.05) is 54.6 Å². The van der Waals surface area contributed by atoms with Crippen LogP contribution < -0.4 is 10.2 Å². The summed E-state index contributed by atoms with van der Waals surface area (Å²) in [6.07, 6.45) is 3.05. The van der Waals surface area contributed by atoms with Crippen molar-refractivity contribution in [3.63, 3.8) is 0 Å². The Labute approximate surface area is 127 Å². The summed E-state index contributed by atoms with van der Waals surface area (Å²) in [7, 11) is 0. The van der Waals surface area contributed by atoms with Gasteiger partial charge in [0.2, 0.25) is 0 Å². The second kappa shape index (κ2) is 6.59. The Morgan fingerprint density at radius 1 is 1.10 bits per heavy atom. The van der Waals surface area contributed by atoms with Crippen molar-refractivity contribution in [3.8, 4) is 0 Å². The lowest BCUT2D eigenvalue weighted by molar-refractivity contribution is 0.518. The Morgan fingerprint density at radius 2 is 1.86 bits per heavy atom. The summed E-state index contributed by atoms with van der Waals surface area (Å²) < 4.78 is 0. The maximum Gasteiger partial charge on any atom is 0.0415 e.